The molecule has 8 nitrogen and oxygen atoms in total. The van der Waals surface area contributed by atoms with Gasteiger partial charge in [-0.3, -0.25) is 9.59 Å². The van der Waals surface area contributed by atoms with Gasteiger partial charge in [-0.2, -0.15) is 0 Å². The zero-order chi connectivity index (χ0) is 27.8. The molecule has 2 aromatic rings. The van der Waals surface area contributed by atoms with Crippen molar-refractivity contribution in [3.05, 3.63) is 80.3 Å². The van der Waals surface area contributed by atoms with Gasteiger partial charge < -0.3 is 25.3 Å². The lowest BCUT2D eigenvalue weighted by Crippen LogP contribution is -2.35. The smallest absolute Gasteiger partial charge is 0.340 e. The molecule has 0 radical (unpaired) electrons. The van der Waals surface area contributed by atoms with Gasteiger partial charge in [0.25, 0.3) is 5.91 Å². The standard InChI is InChI=1S/C29H31BrN2O6/c1-15-7-6-8-19(16(15)2)32-23(34)14-37-21-10-9-17(30)11-18(21)24-25-20(33)12-29(3,4)13-22(25)38-27(31)26(24)28(35)36-5/h6-11,24H,12-14,31H2,1-5H3,(H,32,34). The number of amides is 1. The summed E-state index contributed by atoms with van der Waals surface area (Å²) < 4.78 is 17.5. The van der Waals surface area contributed by atoms with E-state index in [1.165, 1.54) is 7.11 Å². The Morgan fingerprint density at radius 2 is 1.92 bits per heavy atom. The van der Waals surface area contributed by atoms with Crippen molar-refractivity contribution < 1.29 is 28.6 Å². The van der Waals surface area contributed by atoms with Crippen LogP contribution in [0.25, 0.3) is 0 Å². The molecule has 0 saturated heterocycles. The van der Waals surface area contributed by atoms with Crippen molar-refractivity contribution in [2.45, 2.75) is 46.5 Å². The van der Waals surface area contributed by atoms with Gasteiger partial charge in [-0.05, 0) is 54.7 Å². The summed E-state index contributed by atoms with van der Waals surface area (Å²) in [7, 11) is 1.24. The fourth-order valence-electron chi connectivity index (χ4n) is 4.90. The fourth-order valence-corrected chi connectivity index (χ4v) is 5.28. The zero-order valence-electron chi connectivity index (χ0n) is 22.1. The highest BCUT2D eigenvalue weighted by Gasteiger charge is 2.45. The van der Waals surface area contributed by atoms with Crippen LogP contribution in [0.1, 0.15) is 49.3 Å². The minimum absolute atomic E-state index is 0.0158. The normalized spacial score (nSPS) is 18.5. The first-order valence-electron chi connectivity index (χ1n) is 12.2. The Morgan fingerprint density at radius 1 is 1.18 bits per heavy atom. The highest BCUT2D eigenvalue weighted by Crippen LogP contribution is 2.50. The van der Waals surface area contributed by atoms with E-state index in [-0.39, 0.29) is 41.6 Å². The second-order valence-corrected chi connectivity index (χ2v) is 11.3. The van der Waals surface area contributed by atoms with E-state index < -0.39 is 11.9 Å². The number of benzene rings is 2. The van der Waals surface area contributed by atoms with E-state index in [0.29, 0.717) is 39.2 Å². The van der Waals surface area contributed by atoms with Crippen LogP contribution < -0.4 is 15.8 Å². The quantitative estimate of drug-likeness (QED) is 0.450. The predicted octanol–water partition coefficient (Wildman–Crippen LogP) is 5.18. The van der Waals surface area contributed by atoms with Gasteiger partial charge in [0.2, 0.25) is 5.88 Å². The van der Waals surface area contributed by atoms with Gasteiger partial charge in [0.15, 0.2) is 12.4 Å². The van der Waals surface area contributed by atoms with Crippen LogP contribution in [0.15, 0.2) is 63.7 Å². The molecule has 0 aromatic heterocycles. The maximum Gasteiger partial charge on any atom is 0.340 e. The lowest BCUT2D eigenvalue weighted by Gasteiger charge is -2.38. The largest absolute Gasteiger partial charge is 0.483 e. The third kappa shape index (κ3) is 5.48. The number of carbonyl (C=O) groups excluding carboxylic acids is 3. The molecule has 1 aliphatic carbocycles. The van der Waals surface area contributed by atoms with Gasteiger partial charge in [-0.1, -0.05) is 41.9 Å². The number of aryl methyl sites for hydroxylation is 1. The predicted molar refractivity (Wildman–Crippen MR) is 146 cm³/mol. The van der Waals surface area contributed by atoms with Crippen molar-refractivity contribution in [3.8, 4) is 5.75 Å². The van der Waals surface area contributed by atoms with Gasteiger partial charge >= 0.3 is 5.97 Å². The molecule has 9 heteroatoms. The van der Waals surface area contributed by atoms with Gasteiger partial charge in [0, 0.05) is 34.1 Å². The first-order chi connectivity index (χ1) is 17.9. The summed E-state index contributed by atoms with van der Waals surface area (Å²) in [4.78, 5) is 39.1. The van der Waals surface area contributed by atoms with Crippen LogP contribution in [0.2, 0.25) is 0 Å². The van der Waals surface area contributed by atoms with Crippen LogP contribution >= 0.6 is 15.9 Å². The van der Waals surface area contributed by atoms with Crippen LogP contribution in [0, 0.1) is 19.3 Å². The molecule has 1 unspecified atom stereocenters. The number of hydrogen-bond acceptors (Lipinski definition) is 7. The van der Waals surface area contributed by atoms with E-state index in [0.717, 1.165) is 11.1 Å². The van der Waals surface area contributed by atoms with Crippen molar-refractivity contribution >= 4 is 39.3 Å². The molecule has 200 valence electrons. The number of hydrogen-bond donors (Lipinski definition) is 2. The van der Waals surface area contributed by atoms with Gasteiger partial charge in [0.05, 0.1) is 13.0 Å². The number of nitrogens with one attached hydrogen (secondary N) is 1. The monoisotopic (exact) mass is 582 g/mol. The maximum absolute atomic E-state index is 13.4. The van der Waals surface area contributed by atoms with Crippen LogP contribution in [0.4, 0.5) is 5.69 Å². The zero-order valence-corrected chi connectivity index (χ0v) is 23.7. The Bertz CT molecular complexity index is 1390. The highest BCUT2D eigenvalue weighted by atomic mass is 79.9. The average molecular weight is 583 g/mol. The molecule has 38 heavy (non-hydrogen) atoms. The molecular formula is C29H31BrN2O6. The fraction of sp³-hybridized carbons (Fsp3) is 0.345. The van der Waals surface area contributed by atoms with E-state index in [1.807, 2.05) is 45.9 Å². The van der Waals surface area contributed by atoms with Crippen molar-refractivity contribution in [1.82, 2.24) is 0 Å². The molecule has 1 heterocycles. The number of anilines is 1. The molecule has 2 aromatic carbocycles. The molecule has 4 rings (SSSR count). The Morgan fingerprint density at radius 3 is 2.63 bits per heavy atom. The molecule has 0 saturated carbocycles. The Kier molecular flexibility index (Phi) is 7.69. The maximum atomic E-state index is 13.4. The van der Waals surface area contributed by atoms with E-state index in [9.17, 15) is 14.4 Å². The summed E-state index contributed by atoms with van der Waals surface area (Å²) in [5.41, 5.74) is 9.50. The number of rotatable bonds is 6. The van der Waals surface area contributed by atoms with Gasteiger partial charge in [-0.15, -0.1) is 0 Å². The number of carbonyl (C=O) groups is 3. The number of Topliss-reactive ketones (excluding diaryl/α,β-unsaturated/α-hetero) is 1. The second-order valence-electron chi connectivity index (χ2n) is 10.3. The average Bonchev–Trinajstić information content (AvgIpc) is 2.84. The molecule has 0 fully saturated rings. The van der Waals surface area contributed by atoms with E-state index >= 15 is 0 Å². The Balaban J connectivity index is 1.72. The van der Waals surface area contributed by atoms with Crippen LogP contribution in [0.5, 0.6) is 5.75 Å². The summed E-state index contributed by atoms with van der Waals surface area (Å²) in [5.74, 6) is -1.45. The van der Waals surface area contributed by atoms with Crippen molar-refractivity contribution in [2.24, 2.45) is 11.1 Å². The van der Waals surface area contributed by atoms with Crippen molar-refractivity contribution in [2.75, 3.05) is 19.0 Å². The van der Waals surface area contributed by atoms with Crippen molar-refractivity contribution in [3.63, 3.8) is 0 Å². The summed E-state index contributed by atoms with van der Waals surface area (Å²) in [5, 5.41) is 2.88. The number of allylic oxidation sites excluding steroid dienone is 2. The highest BCUT2D eigenvalue weighted by molar-refractivity contribution is 9.10. The SMILES string of the molecule is COC(=O)C1=C(N)OC2=C(C(=O)CC(C)(C)C2)C1c1cc(Br)ccc1OCC(=O)Nc1cccc(C)c1C. The lowest BCUT2D eigenvalue weighted by molar-refractivity contribution is -0.136. The summed E-state index contributed by atoms with van der Waals surface area (Å²) >= 11 is 3.48. The molecule has 1 amide bonds. The minimum Gasteiger partial charge on any atom is -0.483 e. The Labute approximate surface area is 230 Å². The molecular weight excluding hydrogens is 552 g/mol. The molecule has 0 spiro atoms. The lowest BCUT2D eigenvalue weighted by atomic mass is 9.70. The van der Waals surface area contributed by atoms with Crippen molar-refractivity contribution in [1.29, 1.82) is 0 Å². The van der Waals surface area contributed by atoms with Gasteiger partial charge in [0.1, 0.15) is 17.1 Å². The molecule has 1 atom stereocenters. The van der Waals surface area contributed by atoms with E-state index in [2.05, 4.69) is 21.2 Å². The molecule has 0 bridgehead atoms. The minimum atomic E-state index is -0.885. The summed E-state index contributed by atoms with van der Waals surface area (Å²) in [6.45, 7) is 7.57. The third-order valence-corrected chi connectivity index (χ3v) is 7.37. The first kappa shape index (κ1) is 27.4. The van der Waals surface area contributed by atoms with Crippen LogP contribution in [0.3, 0.4) is 0 Å². The summed E-state index contributed by atoms with van der Waals surface area (Å²) in [6, 6.07) is 10.9. The van der Waals surface area contributed by atoms with E-state index in [1.54, 1.807) is 18.2 Å². The van der Waals surface area contributed by atoms with Crippen LogP contribution in [-0.4, -0.2) is 31.4 Å². The van der Waals surface area contributed by atoms with Crippen LogP contribution in [-0.2, 0) is 23.9 Å². The number of methoxy groups -OCH3 is 1. The number of halogens is 1. The molecule has 2 aliphatic rings. The molecule has 1 aliphatic heterocycles. The van der Waals surface area contributed by atoms with Gasteiger partial charge in [-0.25, -0.2) is 4.79 Å². The third-order valence-electron chi connectivity index (χ3n) is 6.88. The first-order valence-corrected chi connectivity index (χ1v) is 13.0. The Hall–Kier alpha value is -3.59. The second kappa shape index (κ2) is 10.6. The summed E-state index contributed by atoms with van der Waals surface area (Å²) in [6.07, 6.45) is 0.755. The molecule has 3 N–H and O–H groups in total. The number of ketones is 1. The number of esters is 1. The number of nitrogens with two attached hydrogens (primary N) is 1. The topological polar surface area (TPSA) is 117 Å². The van der Waals surface area contributed by atoms with E-state index in [4.69, 9.17) is 19.9 Å². The number of ether oxygens (including phenoxy) is 3.